The van der Waals surface area contributed by atoms with Gasteiger partial charge >= 0.3 is 0 Å². The quantitative estimate of drug-likeness (QED) is 0.648. The molecule has 0 radical (unpaired) electrons. The Morgan fingerprint density at radius 3 is 2.20 bits per heavy atom. The van der Waals surface area contributed by atoms with E-state index in [0.29, 0.717) is 0 Å². The Balaban J connectivity index is 0.00000112. The van der Waals surface area contributed by atoms with E-state index in [2.05, 4.69) is 13.8 Å². The van der Waals surface area contributed by atoms with Gasteiger partial charge < -0.3 is 9.96 Å². The van der Waals surface area contributed by atoms with Gasteiger partial charge in [0.2, 0.25) is 0 Å². The topological polar surface area (TPSA) is 30.0 Å². The number of nitrogens with zero attached hydrogens (tertiary/aromatic N) is 1. The molecule has 2 rings (SSSR count). The Hall–Kier alpha value is -0.0800. The van der Waals surface area contributed by atoms with Crippen molar-refractivity contribution in [2.45, 2.75) is 58.4 Å². The highest BCUT2D eigenvalue weighted by atomic mass is 16.0. The molecule has 0 bridgehead atoms. The summed E-state index contributed by atoms with van der Waals surface area (Å²) in [4.78, 5) is 0. The summed E-state index contributed by atoms with van der Waals surface area (Å²) >= 11 is 0. The molecule has 1 aliphatic heterocycles. The first kappa shape index (κ1) is 13.0. The number of hydrogen-bond donors (Lipinski definition) is 0. The van der Waals surface area contributed by atoms with Crippen molar-refractivity contribution in [3.05, 3.63) is 0 Å². The van der Waals surface area contributed by atoms with Gasteiger partial charge in [-0.3, -0.25) is 0 Å². The van der Waals surface area contributed by atoms with Gasteiger partial charge in [0, 0.05) is 5.92 Å². The van der Waals surface area contributed by atoms with Crippen molar-refractivity contribution in [1.29, 1.82) is 0 Å². The van der Waals surface area contributed by atoms with E-state index in [1.165, 1.54) is 62.6 Å². The fourth-order valence-corrected chi connectivity index (χ4v) is 4.09. The molecule has 2 fully saturated rings. The summed E-state index contributed by atoms with van der Waals surface area (Å²) in [7, 11) is 0. The number of likely N-dealkylation sites (tertiary alicyclic amines) is 1. The van der Waals surface area contributed by atoms with Crippen molar-refractivity contribution in [1.82, 2.24) is 0 Å². The van der Waals surface area contributed by atoms with Crippen LogP contribution in [0.1, 0.15) is 52.4 Å². The third-order valence-corrected chi connectivity index (χ3v) is 5.01. The van der Waals surface area contributed by atoms with E-state index < -0.39 is 0 Å². The first-order valence-electron chi connectivity index (χ1n) is 6.68. The molecule has 15 heavy (non-hydrogen) atoms. The molecule has 0 aromatic heterocycles. The monoisotopic (exact) mass is 213 g/mol. The molecular formula is C13H27NO. The van der Waals surface area contributed by atoms with E-state index in [1.807, 2.05) is 0 Å². The van der Waals surface area contributed by atoms with Gasteiger partial charge in [0.1, 0.15) is 0 Å². The lowest BCUT2D eigenvalue weighted by Crippen LogP contribution is -2.61. The van der Waals surface area contributed by atoms with E-state index in [4.69, 9.17) is 0 Å². The predicted octanol–water partition coefficient (Wildman–Crippen LogP) is 3.02. The van der Waals surface area contributed by atoms with Gasteiger partial charge in [0.05, 0.1) is 25.7 Å². The van der Waals surface area contributed by atoms with Crippen LogP contribution in [-0.4, -0.2) is 35.6 Å². The molecule has 0 amide bonds. The normalized spacial score (nSPS) is 34.0. The molecule has 90 valence electrons. The number of piperidine rings is 1. The van der Waals surface area contributed by atoms with Crippen LogP contribution in [0.25, 0.3) is 0 Å². The van der Waals surface area contributed by atoms with Crippen LogP contribution in [0.4, 0.5) is 0 Å². The molecular weight excluding hydrogens is 186 g/mol. The Bertz CT molecular complexity index is 187. The lowest BCUT2D eigenvalue weighted by Gasteiger charge is -2.52. The van der Waals surface area contributed by atoms with Gasteiger partial charge in [-0.15, -0.1) is 0 Å². The Morgan fingerprint density at radius 1 is 0.933 bits per heavy atom. The SMILES string of the molecule is CC[N+]1(CC)CCC[C@@H]2CCCC[C@H]21.[OH-]. The van der Waals surface area contributed by atoms with Crippen LogP contribution in [0.15, 0.2) is 0 Å². The zero-order valence-corrected chi connectivity index (χ0v) is 10.4. The van der Waals surface area contributed by atoms with Crippen molar-refractivity contribution in [3.8, 4) is 0 Å². The van der Waals surface area contributed by atoms with Crippen LogP contribution < -0.4 is 0 Å². The smallest absolute Gasteiger partial charge is 0.0918 e. The average molecular weight is 213 g/mol. The first-order valence-corrected chi connectivity index (χ1v) is 6.68. The van der Waals surface area contributed by atoms with Crippen LogP contribution in [-0.2, 0) is 0 Å². The molecule has 0 unspecified atom stereocenters. The van der Waals surface area contributed by atoms with Gasteiger partial charge in [-0.2, -0.15) is 0 Å². The van der Waals surface area contributed by atoms with E-state index >= 15 is 0 Å². The van der Waals surface area contributed by atoms with Gasteiger partial charge in [-0.1, -0.05) is 6.42 Å². The summed E-state index contributed by atoms with van der Waals surface area (Å²) in [5.74, 6) is 1.08. The maximum absolute atomic E-state index is 2.40. The number of quaternary nitrogens is 1. The van der Waals surface area contributed by atoms with Gasteiger partial charge in [0.15, 0.2) is 0 Å². The second kappa shape index (κ2) is 5.31. The van der Waals surface area contributed by atoms with Crippen LogP contribution in [0.5, 0.6) is 0 Å². The number of fused-ring (bicyclic) bond motifs is 1. The van der Waals surface area contributed by atoms with E-state index in [9.17, 15) is 0 Å². The summed E-state index contributed by atoms with van der Waals surface area (Å²) in [6.45, 7) is 9.02. The zero-order chi connectivity index (χ0) is 10.0. The molecule has 1 saturated carbocycles. The minimum atomic E-state index is 0. The zero-order valence-electron chi connectivity index (χ0n) is 10.4. The van der Waals surface area contributed by atoms with Crippen molar-refractivity contribution in [2.75, 3.05) is 19.6 Å². The van der Waals surface area contributed by atoms with Crippen LogP contribution in [0.3, 0.4) is 0 Å². The van der Waals surface area contributed by atoms with Crippen LogP contribution >= 0.6 is 0 Å². The van der Waals surface area contributed by atoms with Gasteiger partial charge in [-0.05, 0) is 46.0 Å². The largest absolute Gasteiger partial charge is 0.870 e. The Morgan fingerprint density at radius 2 is 1.53 bits per heavy atom. The van der Waals surface area contributed by atoms with E-state index in [-0.39, 0.29) is 5.48 Å². The van der Waals surface area contributed by atoms with E-state index in [1.54, 1.807) is 0 Å². The molecule has 1 saturated heterocycles. The molecule has 2 nitrogen and oxygen atoms in total. The first-order chi connectivity index (χ1) is 6.82. The van der Waals surface area contributed by atoms with E-state index in [0.717, 1.165) is 12.0 Å². The fraction of sp³-hybridized carbons (Fsp3) is 1.00. The lowest BCUT2D eigenvalue weighted by molar-refractivity contribution is -0.957. The molecule has 2 atom stereocenters. The standard InChI is InChI=1S/C13H26N.H2O/c1-3-14(4-2)11-7-9-12-8-5-6-10-13(12)14;/h12-13H,3-11H2,1-2H3;1H2/q+1;/p-1/t12-,13+;/m0./s1. The average Bonchev–Trinajstić information content (AvgIpc) is 2.28. The highest BCUT2D eigenvalue weighted by molar-refractivity contribution is 4.80. The van der Waals surface area contributed by atoms with Crippen LogP contribution in [0, 0.1) is 5.92 Å². The van der Waals surface area contributed by atoms with Gasteiger partial charge in [0.25, 0.3) is 0 Å². The maximum Gasteiger partial charge on any atom is 0.0918 e. The Labute approximate surface area is 94.6 Å². The minimum absolute atomic E-state index is 0. The molecule has 2 aliphatic rings. The lowest BCUT2D eigenvalue weighted by atomic mass is 9.76. The summed E-state index contributed by atoms with van der Waals surface area (Å²) in [6, 6.07) is 1.03. The third-order valence-electron chi connectivity index (χ3n) is 5.01. The highest BCUT2D eigenvalue weighted by Crippen LogP contribution is 2.39. The van der Waals surface area contributed by atoms with Crippen molar-refractivity contribution in [3.63, 3.8) is 0 Å². The maximum atomic E-state index is 2.40. The molecule has 0 aromatic carbocycles. The van der Waals surface area contributed by atoms with Crippen molar-refractivity contribution >= 4 is 0 Å². The molecule has 1 heterocycles. The molecule has 1 N–H and O–H groups in total. The number of rotatable bonds is 2. The predicted molar refractivity (Wildman–Crippen MR) is 63.1 cm³/mol. The summed E-state index contributed by atoms with van der Waals surface area (Å²) in [5.41, 5.74) is 0. The van der Waals surface area contributed by atoms with Gasteiger partial charge in [-0.25, -0.2) is 0 Å². The third kappa shape index (κ3) is 2.21. The van der Waals surface area contributed by atoms with Crippen LogP contribution in [0.2, 0.25) is 0 Å². The molecule has 1 aliphatic carbocycles. The second-order valence-electron chi connectivity index (χ2n) is 5.33. The summed E-state index contributed by atoms with van der Waals surface area (Å²) in [5, 5.41) is 0. The summed E-state index contributed by atoms with van der Waals surface area (Å²) < 4.78 is 1.45. The molecule has 2 heteroatoms. The fourth-order valence-electron chi connectivity index (χ4n) is 4.09. The second-order valence-corrected chi connectivity index (χ2v) is 5.33. The Kier molecular flexibility index (Phi) is 4.60. The number of hydrogen-bond acceptors (Lipinski definition) is 1. The highest BCUT2D eigenvalue weighted by Gasteiger charge is 2.43. The van der Waals surface area contributed by atoms with Crippen molar-refractivity contribution < 1.29 is 9.96 Å². The minimum Gasteiger partial charge on any atom is -0.870 e. The summed E-state index contributed by atoms with van der Waals surface area (Å²) in [6.07, 6.45) is 9.08. The van der Waals surface area contributed by atoms with Crippen molar-refractivity contribution in [2.24, 2.45) is 5.92 Å². The molecule has 0 aromatic rings. The molecule has 0 spiro atoms.